The van der Waals surface area contributed by atoms with Crippen LogP contribution in [0.5, 0.6) is 0 Å². The highest BCUT2D eigenvalue weighted by Crippen LogP contribution is 2.23. The first-order chi connectivity index (χ1) is 8.20. The van der Waals surface area contributed by atoms with E-state index in [0.29, 0.717) is 16.3 Å². The first-order valence-corrected chi connectivity index (χ1v) is 4.95. The zero-order valence-electron chi connectivity index (χ0n) is 8.44. The Labute approximate surface area is 101 Å². The lowest BCUT2D eigenvalue weighted by Gasteiger charge is -2.05. The second-order valence-electron chi connectivity index (χ2n) is 3.12. The van der Waals surface area contributed by atoms with Gasteiger partial charge in [-0.25, -0.2) is 0 Å². The van der Waals surface area contributed by atoms with Gasteiger partial charge in [0.1, 0.15) is 0 Å². The molecule has 0 spiro atoms. The number of nitriles is 1. The molecule has 1 amide bonds. The van der Waals surface area contributed by atoms with E-state index in [1.807, 2.05) is 6.07 Å². The maximum atomic E-state index is 11.6. The maximum absolute atomic E-state index is 11.6. The Morgan fingerprint density at radius 1 is 1.53 bits per heavy atom. The fraction of sp³-hybridized carbons (Fsp3) is 0. The first-order valence-electron chi connectivity index (χ1n) is 4.57. The minimum atomic E-state index is -0.426. The van der Waals surface area contributed by atoms with Crippen molar-refractivity contribution in [3.8, 4) is 6.07 Å². The molecule has 1 aromatic carbocycles. The summed E-state index contributed by atoms with van der Waals surface area (Å²) in [6.45, 7) is 0. The zero-order chi connectivity index (χ0) is 12.3. The fourth-order valence-corrected chi connectivity index (χ4v) is 1.41. The molecule has 17 heavy (non-hydrogen) atoms. The summed E-state index contributed by atoms with van der Waals surface area (Å²) in [6.07, 6.45) is 1.30. The molecule has 0 saturated carbocycles. The smallest absolute Gasteiger partial charge is 0.277 e. The quantitative estimate of drug-likeness (QED) is 0.842. The van der Waals surface area contributed by atoms with E-state index in [1.54, 1.807) is 12.1 Å². The van der Waals surface area contributed by atoms with Crippen molar-refractivity contribution in [1.29, 1.82) is 5.26 Å². The van der Waals surface area contributed by atoms with Gasteiger partial charge in [0.05, 0.1) is 28.5 Å². The number of anilines is 1. The lowest BCUT2D eigenvalue weighted by atomic mass is 10.2. The second-order valence-corrected chi connectivity index (χ2v) is 3.52. The van der Waals surface area contributed by atoms with Crippen molar-refractivity contribution < 1.29 is 4.79 Å². The predicted molar refractivity (Wildman–Crippen MR) is 60.5 cm³/mol. The van der Waals surface area contributed by atoms with Crippen LogP contribution < -0.4 is 5.32 Å². The van der Waals surface area contributed by atoms with Gasteiger partial charge in [-0.2, -0.15) is 20.7 Å². The van der Waals surface area contributed by atoms with Crippen LogP contribution in [0.25, 0.3) is 0 Å². The molecular weight excluding hydrogens is 242 g/mol. The van der Waals surface area contributed by atoms with E-state index in [0.717, 1.165) is 0 Å². The molecule has 0 fully saturated rings. The molecule has 2 aromatic rings. The molecule has 0 saturated heterocycles. The molecule has 1 aromatic heterocycles. The summed E-state index contributed by atoms with van der Waals surface area (Å²) in [7, 11) is 0. The average Bonchev–Trinajstić information content (AvgIpc) is 2.85. The standard InChI is InChI=1S/C10H6ClN5O/c11-7-3-6(4-12)1-2-8(7)14-10(17)9-5-13-16-15-9/h1-3,5H,(H,14,17)(H,13,15,16). The zero-order valence-corrected chi connectivity index (χ0v) is 9.19. The van der Waals surface area contributed by atoms with E-state index in [9.17, 15) is 4.79 Å². The predicted octanol–water partition coefficient (Wildman–Crippen LogP) is 1.58. The number of H-pyrrole nitrogens is 1. The number of rotatable bonds is 2. The third kappa shape index (κ3) is 2.41. The van der Waals surface area contributed by atoms with E-state index >= 15 is 0 Å². The van der Waals surface area contributed by atoms with Gasteiger partial charge in [-0.1, -0.05) is 11.6 Å². The molecule has 0 unspecified atom stereocenters. The van der Waals surface area contributed by atoms with Crippen molar-refractivity contribution >= 4 is 23.2 Å². The minimum Gasteiger partial charge on any atom is -0.319 e. The number of benzene rings is 1. The maximum Gasteiger partial charge on any atom is 0.277 e. The number of nitrogens with one attached hydrogen (secondary N) is 2. The summed E-state index contributed by atoms with van der Waals surface area (Å²) in [5.41, 5.74) is 0.999. The minimum absolute atomic E-state index is 0.158. The van der Waals surface area contributed by atoms with E-state index in [1.165, 1.54) is 12.3 Å². The first kappa shape index (κ1) is 11.1. The Kier molecular flexibility index (Phi) is 3.03. The summed E-state index contributed by atoms with van der Waals surface area (Å²) < 4.78 is 0. The molecule has 0 aliphatic rings. The number of hydrogen-bond donors (Lipinski definition) is 2. The van der Waals surface area contributed by atoms with Gasteiger partial charge in [-0.3, -0.25) is 4.79 Å². The van der Waals surface area contributed by atoms with Gasteiger partial charge in [-0.05, 0) is 18.2 Å². The van der Waals surface area contributed by atoms with Gasteiger partial charge in [-0.15, -0.1) is 0 Å². The Morgan fingerprint density at radius 2 is 2.35 bits per heavy atom. The summed E-state index contributed by atoms with van der Waals surface area (Å²) >= 11 is 5.90. The molecule has 2 rings (SSSR count). The van der Waals surface area contributed by atoms with E-state index < -0.39 is 5.91 Å². The normalized spacial score (nSPS) is 9.65. The Morgan fingerprint density at radius 3 is 2.94 bits per heavy atom. The van der Waals surface area contributed by atoms with Crippen molar-refractivity contribution in [2.75, 3.05) is 5.32 Å². The molecule has 0 aliphatic heterocycles. The molecule has 1 heterocycles. The summed E-state index contributed by atoms with van der Waals surface area (Å²) in [5.74, 6) is -0.426. The van der Waals surface area contributed by atoms with Crippen molar-refractivity contribution in [1.82, 2.24) is 15.4 Å². The van der Waals surface area contributed by atoms with Crippen LogP contribution in [0.15, 0.2) is 24.4 Å². The van der Waals surface area contributed by atoms with Crippen molar-refractivity contribution in [3.63, 3.8) is 0 Å². The van der Waals surface area contributed by atoms with Crippen LogP contribution in [0.2, 0.25) is 5.02 Å². The van der Waals surface area contributed by atoms with Gasteiger partial charge < -0.3 is 5.32 Å². The SMILES string of the molecule is N#Cc1ccc(NC(=O)c2cn[nH]n2)c(Cl)c1. The van der Waals surface area contributed by atoms with E-state index in [4.69, 9.17) is 16.9 Å². The van der Waals surface area contributed by atoms with Crippen LogP contribution >= 0.6 is 11.6 Å². The summed E-state index contributed by atoms with van der Waals surface area (Å²) in [4.78, 5) is 11.6. The average molecular weight is 248 g/mol. The van der Waals surface area contributed by atoms with Gasteiger partial charge >= 0.3 is 0 Å². The number of halogens is 1. The Bertz CT molecular complexity index is 587. The molecule has 0 bridgehead atoms. The molecule has 84 valence electrons. The van der Waals surface area contributed by atoms with Crippen molar-refractivity contribution in [2.45, 2.75) is 0 Å². The van der Waals surface area contributed by atoms with E-state index in [2.05, 4.69) is 20.7 Å². The molecule has 0 radical (unpaired) electrons. The van der Waals surface area contributed by atoms with Crippen molar-refractivity contribution in [3.05, 3.63) is 40.7 Å². The lowest BCUT2D eigenvalue weighted by molar-refractivity contribution is 0.102. The van der Waals surface area contributed by atoms with Gasteiger partial charge in [0.25, 0.3) is 5.91 Å². The monoisotopic (exact) mass is 247 g/mol. The van der Waals surface area contributed by atoms with Crippen LogP contribution in [0.3, 0.4) is 0 Å². The van der Waals surface area contributed by atoms with Crippen LogP contribution in [0.4, 0.5) is 5.69 Å². The summed E-state index contributed by atoms with van der Waals surface area (Å²) in [6, 6.07) is 6.54. The summed E-state index contributed by atoms with van der Waals surface area (Å²) in [5, 5.41) is 21.0. The van der Waals surface area contributed by atoms with Crippen LogP contribution in [-0.4, -0.2) is 21.3 Å². The highest BCUT2D eigenvalue weighted by molar-refractivity contribution is 6.34. The third-order valence-electron chi connectivity index (χ3n) is 1.99. The number of hydrogen-bond acceptors (Lipinski definition) is 4. The van der Waals surface area contributed by atoms with Gasteiger partial charge in [0.15, 0.2) is 5.69 Å². The van der Waals surface area contributed by atoms with Gasteiger partial charge in [0.2, 0.25) is 0 Å². The molecule has 0 atom stereocenters. The number of aromatic amines is 1. The van der Waals surface area contributed by atoms with Crippen molar-refractivity contribution in [2.24, 2.45) is 0 Å². The van der Waals surface area contributed by atoms with Crippen LogP contribution in [-0.2, 0) is 0 Å². The Hall–Kier alpha value is -2.39. The second kappa shape index (κ2) is 4.63. The molecule has 0 aliphatic carbocycles. The third-order valence-corrected chi connectivity index (χ3v) is 2.31. The lowest BCUT2D eigenvalue weighted by Crippen LogP contribution is -2.12. The topological polar surface area (TPSA) is 94.5 Å². The molecule has 7 heteroatoms. The number of aromatic nitrogens is 3. The Balaban J connectivity index is 2.20. The highest BCUT2D eigenvalue weighted by Gasteiger charge is 2.11. The number of amides is 1. The molecule has 6 nitrogen and oxygen atoms in total. The fourth-order valence-electron chi connectivity index (χ4n) is 1.18. The number of carbonyl (C=O) groups excluding carboxylic acids is 1. The van der Waals surface area contributed by atoms with Crippen LogP contribution in [0.1, 0.15) is 16.1 Å². The molecule has 2 N–H and O–H groups in total. The van der Waals surface area contributed by atoms with Crippen LogP contribution in [0, 0.1) is 11.3 Å². The molecular formula is C10H6ClN5O. The number of carbonyl (C=O) groups is 1. The van der Waals surface area contributed by atoms with E-state index in [-0.39, 0.29) is 5.69 Å². The largest absolute Gasteiger partial charge is 0.319 e. The van der Waals surface area contributed by atoms with Gasteiger partial charge in [0, 0.05) is 0 Å². The number of nitrogens with zero attached hydrogens (tertiary/aromatic N) is 3. The highest BCUT2D eigenvalue weighted by atomic mass is 35.5.